The summed E-state index contributed by atoms with van der Waals surface area (Å²) in [4.78, 5) is 41.6. The molecule has 0 atom stereocenters. The zero-order valence-electron chi connectivity index (χ0n) is 15.3. The number of rotatable bonds is 4. The van der Waals surface area contributed by atoms with Crippen molar-refractivity contribution in [3.63, 3.8) is 0 Å². The number of carbonyl (C=O) groups excluding carboxylic acids is 1. The fourth-order valence-corrected chi connectivity index (χ4v) is 3.59. The Hall–Kier alpha value is -2.61. The fourth-order valence-electron chi connectivity index (χ4n) is 3.36. The van der Waals surface area contributed by atoms with Crippen LogP contribution in [0.3, 0.4) is 0 Å². The highest BCUT2D eigenvalue weighted by Gasteiger charge is 2.22. The molecule has 0 spiro atoms. The monoisotopic (exact) mass is 377 g/mol. The van der Waals surface area contributed by atoms with E-state index in [-0.39, 0.29) is 28.8 Å². The van der Waals surface area contributed by atoms with E-state index in [1.165, 1.54) is 23.2 Å². The van der Waals surface area contributed by atoms with Gasteiger partial charge in [0.2, 0.25) is 5.28 Å². The highest BCUT2D eigenvalue weighted by Crippen LogP contribution is 2.20. The third kappa shape index (κ3) is 2.52. The molecule has 0 aliphatic heterocycles. The number of nitrogens with zero attached hydrogens (tertiary/aromatic N) is 5. The number of ketones is 1. The van der Waals surface area contributed by atoms with E-state index in [2.05, 4.69) is 4.98 Å². The zero-order chi connectivity index (χ0) is 19.3. The number of fused-ring (bicyclic) bond motifs is 1. The maximum atomic E-state index is 12.9. The second kappa shape index (κ2) is 6.28. The first kappa shape index (κ1) is 18.2. The first-order valence-corrected chi connectivity index (χ1v) is 8.58. The third-order valence-electron chi connectivity index (χ3n) is 4.79. The summed E-state index contributed by atoms with van der Waals surface area (Å²) in [6.45, 7) is 6.48. The van der Waals surface area contributed by atoms with Gasteiger partial charge in [-0.15, -0.1) is 0 Å². The van der Waals surface area contributed by atoms with Gasteiger partial charge in [0.05, 0.1) is 6.54 Å². The van der Waals surface area contributed by atoms with Crippen LogP contribution in [0, 0.1) is 13.8 Å². The molecule has 9 heteroatoms. The number of halogens is 1. The molecule has 0 amide bonds. The van der Waals surface area contributed by atoms with E-state index in [0.29, 0.717) is 5.56 Å². The summed E-state index contributed by atoms with van der Waals surface area (Å²) in [5.41, 5.74) is 1.72. The summed E-state index contributed by atoms with van der Waals surface area (Å²) in [6.07, 6.45) is 0. The number of carbonyl (C=O) groups is 1. The molecule has 0 saturated heterocycles. The molecule has 3 aromatic rings. The average Bonchev–Trinajstić information content (AvgIpc) is 3.07. The number of hydrogen-bond donors (Lipinski definition) is 0. The number of hydrogen-bond acceptors (Lipinski definition) is 4. The Kier molecular flexibility index (Phi) is 4.39. The summed E-state index contributed by atoms with van der Waals surface area (Å²) >= 11 is 6.18. The zero-order valence-corrected chi connectivity index (χ0v) is 16.1. The van der Waals surface area contributed by atoms with Crippen LogP contribution in [0.15, 0.2) is 15.7 Å². The Morgan fingerprint density at radius 2 is 1.81 bits per heavy atom. The minimum Gasteiger partial charge on any atom is -0.349 e. The van der Waals surface area contributed by atoms with Crippen molar-refractivity contribution in [2.24, 2.45) is 14.1 Å². The van der Waals surface area contributed by atoms with Crippen molar-refractivity contribution in [1.29, 1.82) is 0 Å². The molecule has 0 bridgehead atoms. The summed E-state index contributed by atoms with van der Waals surface area (Å²) in [6, 6.07) is 1.84. The summed E-state index contributed by atoms with van der Waals surface area (Å²) in [7, 11) is 2.89. The topological polar surface area (TPSA) is 83.8 Å². The van der Waals surface area contributed by atoms with Crippen LogP contribution in [-0.2, 0) is 27.2 Å². The molecule has 0 radical (unpaired) electrons. The molecule has 0 fully saturated rings. The van der Waals surface area contributed by atoms with Crippen LogP contribution in [0.2, 0.25) is 5.28 Å². The largest absolute Gasteiger partial charge is 0.349 e. The number of aromatic nitrogens is 5. The second-order valence-corrected chi connectivity index (χ2v) is 6.64. The van der Waals surface area contributed by atoms with Crippen molar-refractivity contribution < 1.29 is 4.79 Å². The number of Topliss-reactive ketones (excluding diaryl/α,β-unsaturated/α-hetero) is 1. The molecule has 138 valence electrons. The van der Waals surface area contributed by atoms with E-state index >= 15 is 0 Å². The quantitative estimate of drug-likeness (QED) is 0.508. The fraction of sp³-hybridized carbons (Fsp3) is 0.412. The van der Waals surface area contributed by atoms with E-state index < -0.39 is 11.2 Å². The van der Waals surface area contributed by atoms with Gasteiger partial charge in [0.15, 0.2) is 16.9 Å². The van der Waals surface area contributed by atoms with Gasteiger partial charge in [-0.2, -0.15) is 4.98 Å². The highest BCUT2D eigenvalue weighted by atomic mass is 35.5. The molecule has 0 aromatic carbocycles. The SMILES string of the molecule is CCn1c(C)cc(C(=O)Cn2c(Cl)nc3c2c(=O)n(C)c(=O)n3C)c1C. The summed E-state index contributed by atoms with van der Waals surface area (Å²) in [5, 5.41) is -0.00375. The summed E-state index contributed by atoms with van der Waals surface area (Å²) in [5.74, 6) is -0.171. The first-order valence-electron chi connectivity index (χ1n) is 8.20. The lowest BCUT2D eigenvalue weighted by Gasteiger charge is -2.08. The van der Waals surface area contributed by atoms with Gasteiger partial charge in [0, 0.05) is 37.6 Å². The van der Waals surface area contributed by atoms with Crippen molar-refractivity contribution in [2.75, 3.05) is 0 Å². The van der Waals surface area contributed by atoms with E-state index in [4.69, 9.17) is 11.6 Å². The number of aryl methyl sites for hydroxylation is 2. The minimum absolute atomic E-state index is 0.00375. The van der Waals surface area contributed by atoms with Gasteiger partial charge in [0.1, 0.15) is 0 Å². The molecule has 0 unspecified atom stereocenters. The molecule has 3 aromatic heterocycles. The predicted octanol–water partition coefficient (Wildman–Crippen LogP) is 1.41. The first-order chi connectivity index (χ1) is 12.2. The normalized spacial score (nSPS) is 11.5. The van der Waals surface area contributed by atoms with Crippen molar-refractivity contribution in [3.05, 3.63) is 49.1 Å². The molecular weight excluding hydrogens is 358 g/mol. The van der Waals surface area contributed by atoms with Crippen LogP contribution in [0.1, 0.15) is 28.7 Å². The van der Waals surface area contributed by atoms with Crippen molar-refractivity contribution in [3.8, 4) is 0 Å². The van der Waals surface area contributed by atoms with Gasteiger partial charge in [0.25, 0.3) is 5.56 Å². The van der Waals surface area contributed by atoms with Crippen molar-refractivity contribution in [1.82, 2.24) is 23.3 Å². The van der Waals surface area contributed by atoms with Crippen LogP contribution >= 0.6 is 11.6 Å². The van der Waals surface area contributed by atoms with Crippen molar-refractivity contribution in [2.45, 2.75) is 33.9 Å². The van der Waals surface area contributed by atoms with Gasteiger partial charge < -0.3 is 9.13 Å². The highest BCUT2D eigenvalue weighted by molar-refractivity contribution is 6.29. The lowest BCUT2D eigenvalue weighted by molar-refractivity contribution is 0.0972. The lowest BCUT2D eigenvalue weighted by Crippen LogP contribution is -2.37. The molecule has 0 aliphatic rings. The van der Waals surface area contributed by atoms with Crippen LogP contribution in [-0.4, -0.2) is 29.0 Å². The Morgan fingerprint density at radius 3 is 2.38 bits per heavy atom. The Balaban J connectivity index is 2.16. The Labute approximate surface area is 154 Å². The van der Waals surface area contributed by atoms with E-state index in [9.17, 15) is 14.4 Å². The molecule has 3 heterocycles. The minimum atomic E-state index is -0.533. The van der Waals surface area contributed by atoms with Crippen molar-refractivity contribution >= 4 is 28.5 Å². The van der Waals surface area contributed by atoms with Gasteiger partial charge in [-0.3, -0.25) is 18.7 Å². The molecular formula is C17H20ClN5O3. The van der Waals surface area contributed by atoms with E-state index in [0.717, 1.165) is 22.5 Å². The molecule has 26 heavy (non-hydrogen) atoms. The maximum Gasteiger partial charge on any atom is 0.332 e. The molecule has 3 rings (SSSR count). The van der Waals surface area contributed by atoms with Crippen LogP contribution in [0.25, 0.3) is 11.2 Å². The molecule has 0 aliphatic carbocycles. The predicted molar refractivity (Wildman–Crippen MR) is 99.1 cm³/mol. The summed E-state index contributed by atoms with van der Waals surface area (Å²) < 4.78 is 5.62. The molecule has 0 saturated carbocycles. The average molecular weight is 378 g/mol. The van der Waals surface area contributed by atoms with Crippen LogP contribution in [0.5, 0.6) is 0 Å². The third-order valence-corrected chi connectivity index (χ3v) is 5.08. The Bertz CT molecular complexity index is 1160. The van der Waals surface area contributed by atoms with Crippen LogP contribution in [0.4, 0.5) is 0 Å². The smallest absolute Gasteiger partial charge is 0.332 e. The van der Waals surface area contributed by atoms with Gasteiger partial charge in [-0.05, 0) is 38.4 Å². The van der Waals surface area contributed by atoms with Gasteiger partial charge in [-0.1, -0.05) is 0 Å². The van der Waals surface area contributed by atoms with E-state index in [1.54, 1.807) is 0 Å². The second-order valence-electron chi connectivity index (χ2n) is 6.30. The van der Waals surface area contributed by atoms with E-state index in [1.807, 2.05) is 31.4 Å². The Morgan fingerprint density at radius 1 is 1.15 bits per heavy atom. The molecule has 0 N–H and O–H groups in total. The van der Waals surface area contributed by atoms with Gasteiger partial charge in [-0.25, -0.2) is 4.79 Å². The van der Waals surface area contributed by atoms with Gasteiger partial charge >= 0.3 is 5.69 Å². The molecule has 8 nitrogen and oxygen atoms in total. The maximum absolute atomic E-state index is 12.9. The van der Waals surface area contributed by atoms with Crippen LogP contribution < -0.4 is 11.2 Å². The standard InChI is InChI=1S/C17H20ClN5O3/c1-6-22-9(2)7-11(10(22)3)12(24)8-23-13-14(19-16(23)18)20(4)17(26)21(5)15(13)25/h7H,6,8H2,1-5H3. The lowest BCUT2D eigenvalue weighted by atomic mass is 10.1. The number of imidazole rings is 1.